The second-order valence-corrected chi connectivity index (χ2v) is 6.00. The van der Waals surface area contributed by atoms with Gasteiger partial charge in [0.2, 0.25) is 5.91 Å². The number of benzene rings is 2. The van der Waals surface area contributed by atoms with E-state index in [2.05, 4.69) is 5.32 Å². The van der Waals surface area contributed by atoms with Gasteiger partial charge in [0.1, 0.15) is 11.9 Å². The topological polar surface area (TPSA) is 55.1 Å². The molecule has 3 N–H and O–H groups in total. The van der Waals surface area contributed by atoms with Crippen LogP contribution >= 0.6 is 0 Å². The van der Waals surface area contributed by atoms with Gasteiger partial charge >= 0.3 is 0 Å². The number of hydrogen-bond acceptors (Lipinski definition) is 2. The molecule has 0 aliphatic carbocycles. The first-order chi connectivity index (χ1) is 10.4. The van der Waals surface area contributed by atoms with Gasteiger partial charge in [-0.05, 0) is 23.3 Å². The fourth-order valence-corrected chi connectivity index (χ4v) is 2.24. The normalized spacial score (nSPS) is 12.7. The van der Waals surface area contributed by atoms with Crippen molar-refractivity contribution >= 4 is 5.91 Å². The molecular formula is C18H21FN2O. The monoisotopic (exact) mass is 300 g/mol. The Bertz CT molecular complexity index is 641. The molecule has 22 heavy (non-hydrogen) atoms. The van der Waals surface area contributed by atoms with Crippen molar-refractivity contribution in [3.8, 4) is 0 Å². The SMILES string of the molecule is CC(C)(CNC(=O)C(N)c1ccccc1)c1cccc(F)c1. The Morgan fingerprint density at radius 1 is 1.18 bits per heavy atom. The highest BCUT2D eigenvalue weighted by molar-refractivity contribution is 5.83. The van der Waals surface area contributed by atoms with Crippen molar-refractivity contribution in [1.29, 1.82) is 0 Å². The molecule has 0 saturated carbocycles. The zero-order chi connectivity index (χ0) is 16.2. The first kappa shape index (κ1) is 16.2. The van der Waals surface area contributed by atoms with Crippen LogP contribution in [0, 0.1) is 5.82 Å². The Labute approximate surface area is 130 Å². The summed E-state index contributed by atoms with van der Waals surface area (Å²) in [5.74, 6) is -0.520. The van der Waals surface area contributed by atoms with Crippen LogP contribution in [-0.4, -0.2) is 12.5 Å². The minimum atomic E-state index is -0.704. The molecule has 0 aromatic heterocycles. The summed E-state index contributed by atoms with van der Waals surface area (Å²) in [6.07, 6.45) is 0. The molecule has 1 unspecified atom stereocenters. The summed E-state index contributed by atoms with van der Waals surface area (Å²) in [5, 5.41) is 2.85. The Morgan fingerprint density at radius 2 is 1.86 bits per heavy atom. The van der Waals surface area contributed by atoms with Crippen molar-refractivity contribution in [2.24, 2.45) is 5.73 Å². The third-order valence-electron chi connectivity index (χ3n) is 3.75. The average molecular weight is 300 g/mol. The van der Waals surface area contributed by atoms with Crippen LogP contribution in [0.2, 0.25) is 0 Å². The predicted molar refractivity (Wildman–Crippen MR) is 85.8 cm³/mol. The Kier molecular flexibility index (Phi) is 4.93. The van der Waals surface area contributed by atoms with Crippen LogP contribution in [0.25, 0.3) is 0 Å². The second-order valence-electron chi connectivity index (χ2n) is 6.00. The van der Waals surface area contributed by atoms with Crippen LogP contribution in [0.4, 0.5) is 4.39 Å². The number of nitrogens with two attached hydrogens (primary N) is 1. The molecular weight excluding hydrogens is 279 g/mol. The van der Waals surface area contributed by atoms with Crippen molar-refractivity contribution in [2.45, 2.75) is 25.3 Å². The van der Waals surface area contributed by atoms with E-state index in [1.165, 1.54) is 12.1 Å². The van der Waals surface area contributed by atoms with Gasteiger partial charge in [-0.3, -0.25) is 4.79 Å². The smallest absolute Gasteiger partial charge is 0.241 e. The minimum Gasteiger partial charge on any atom is -0.354 e. The van der Waals surface area contributed by atoms with Crippen LogP contribution in [0.1, 0.15) is 31.0 Å². The first-order valence-corrected chi connectivity index (χ1v) is 7.24. The molecule has 0 saturated heterocycles. The van der Waals surface area contributed by atoms with Crippen molar-refractivity contribution < 1.29 is 9.18 Å². The molecule has 4 heteroatoms. The Morgan fingerprint density at radius 3 is 2.50 bits per heavy atom. The van der Waals surface area contributed by atoms with Gasteiger partial charge in [-0.15, -0.1) is 0 Å². The van der Waals surface area contributed by atoms with E-state index in [4.69, 9.17) is 5.73 Å². The van der Waals surface area contributed by atoms with E-state index in [1.54, 1.807) is 6.07 Å². The van der Waals surface area contributed by atoms with E-state index in [0.29, 0.717) is 6.54 Å². The predicted octanol–water partition coefficient (Wildman–Crippen LogP) is 2.92. The summed E-state index contributed by atoms with van der Waals surface area (Å²) in [4.78, 5) is 12.2. The standard InChI is InChI=1S/C18H21FN2O/c1-18(2,14-9-6-10-15(19)11-14)12-21-17(22)16(20)13-7-4-3-5-8-13/h3-11,16H,12,20H2,1-2H3,(H,21,22). The molecule has 1 amide bonds. The number of carbonyl (C=O) groups is 1. The van der Waals surface area contributed by atoms with Crippen LogP contribution in [0.15, 0.2) is 54.6 Å². The molecule has 0 fully saturated rings. The average Bonchev–Trinajstić information content (AvgIpc) is 2.53. The summed E-state index contributed by atoms with van der Waals surface area (Å²) in [6, 6.07) is 14.9. The van der Waals surface area contributed by atoms with Crippen LogP contribution in [0.5, 0.6) is 0 Å². The van der Waals surface area contributed by atoms with Gasteiger partial charge in [0.05, 0.1) is 0 Å². The maximum absolute atomic E-state index is 13.3. The highest BCUT2D eigenvalue weighted by Gasteiger charge is 2.23. The fourth-order valence-electron chi connectivity index (χ4n) is 2.24. The molecule has 2 aromatic rings. The van der Waals surface area contributed by atoms with Gasteiger partial charge in [-0.1, -0.05) is 56.3 Å². The van der Waals surface area contributed by atoms with Gasteiger partial charge in [-0.25, -0.2) is 4.39 Å². The molecule has 0 radical (unpaired) electrons. The van der Waals surface area contributed by atoms with E-state index < -0.39 is 6.04 Å². The zero-order valence-corrected chi connectivity index (χ0v) is 12.8. The molecule has 0 aliphatic rings. The lowest BCUT2D eigenvalue weighted by Crippen LogP contribution is -2.41. The number of hydrogen-bond donors (Lipinski definition) is 2. The van der Waals surface area contributed by atoms with Crippen LogP contribution in [0.3, 0.4) is 0 Å². The van der Waals surface area contributed by atoms with Crippen LogP contribution in [-0.2, 0) is 10.2 Å². The minimum absolute atomic E-state index is 0.240. The molecule has 2 rings (SSSR count). The molecule has 0 aliphatic heterocycles. The highest BCUT2D eigenvalue weighted by Crippen LogP contribution is 2.23. The van der Waals surface area contributed by atoms with Crippen molar-refractivity contribution in [3.05, 3.63) is 71.5 Å². The Balaban J connectivity index is 2.01. The lowest BCUT2D eigenvalue weighted by atomic mass is 9.84. The molecule has 3 nitrogen and oxygen atoms in total. The Hall–Kier alpha value is -2.20. The van der Waals surface area contributed by atoms with Crippen LogP contribution < -0.4 is 11.1 Å². The molecule has 1 atom stereocenters. The van der Waals surface area contributed by atoms with E-state index >= 15 is 0 Å². The maximum Gasteiger partial charge on any atom is 0.241 e. The maximum atomic E-state index is 13.3. The zero-order valence-electron chi connectivity index (χ0n) is 12.8. The molecule has 0 spiro atoms. The van der Waals surface area contributed by atoms with Gasteiger partial charge in [0.25, 0.3) is 0 Å². The summed E-state index contributed by atoms with van der Waals surface area (Å²) in [6.45, 7) is 4.29. The molecule has 116 valence electrons. The largest absolute Gasteiger partial charge is 0.354 e. The van der Waals surface area contributed by atoms with Gasteiger partial charge < -0.3 is 11.1 Å². The highest BCUT2D eigenvalue weighted by atomic mass is 19.1. The number of nitrogens with one attached hydrogen (secondary N) is 1. The molecule has 0 bridgehead atoms. The molecule has 0 heterocycles. The summed E-state index contributed by atoms with van der Waals surface area (Å²) in [5.41, 5.74) is 7.18. The second kappa shape index (κ2) is 6.71. The molecule has 2 aromatic carbocycles. The number of rotatable bonds is 5. The van der Waals surface area contributed by atoms with Crippen molar-refractivity contribution in [3.63, 3.8) is 0 Å². The third kappa shape index (κ3) is 3.92. The van der Waals surface area contributed by atoms with E-state index in [-0.39, 0.29) is 17.1 Å². The number of halogens is 1. The van der Waals surface area contributed by atoms with Gasteiger partial charge in [0, 0.05) is 12.0 Å². The third-order valence-corrected chi connectivity index (χ3v) is 3.75. The number of amides is 1. The van der Waals surface area contributed by atoms with Crippen molar-refractivity contribution in [1.82, 2.24) is 5.32 Å². The quantitative estimate of drug-likeness (QED) is 0.892. The summed E-state index contributed by atoms with van der Waals surface area (Å²) >= 11 is 0. The van der Waals surface area contributed by atoms with E-state index in [1.807, 2.05) is 50.2 Å². The lowest BCUT2D eigenvalue weighted by Gasteiger charge is -2.26. The summed E-state index contributed by atoms with van der Waals surface area (Å²) < 4.78 is 13.3. The summed E-state index contributed by atoms with van der Waals surface area (Å²) in [7, 11) is 0. The van der Waals surface area contributed by atoms with Gasteiger partial charge in [-0.2, -0.15) is 0 Å². The van der Waals surface area contributed by atoms with E-state index in [9.17, 15) is 9.18 Å². The first-order valence-electron chi connectivity index (χ1n) is 7.24. The number of carbonyl (C=O) groups excluding carboxylic acids is 1. The lowest BCUT2D eigenvalue weighted by molar-refractivity contribution is -0.122. The van der Waals surface area contributed by atoms with E-state index in [0.717, 1.165) is 11.1 Å². The van der Waals surface area contributed by atoms with Gasteiger partial charge in [0.15, 0.2) is 0 Å². The fraction of sp³-hybridized carbons (Fsp3) is 0.278. The van der Waals surface area contributed by atoms with Crippen molar-refractivity contribution in [2.75, 3.05) is 6.54 Å².